The summed E-state index contributed by atoms with van der Waals surface area (Å²) < 4.78 is 23.5. The molecule has 1 atom stereocenters. The van der Waals surface area contributed by atoms with Gasteiger partial charge in [-0.25, -0.2) is 8.78 Å². The fourth-order valence-corrected chi connectivity index (χ4v) is 0.976. The van der Waals surface area contributed by atoms with Gasteiger partial charge in [-0.15, -0.1) is 0 Å². The molecular formula is C9H19F2N. The second-order valence-corrected chi connectivity index (χ2v) is 3.67. The third-order valence-corrected chi connectivity index (χ3v) is 1.80. The van der Waals surface area contributed by atoms with Gasteiger partial charge in [0.2, 0.25) is 0 Å². The van der Waals surface area contributed by atoms with E-state index in [1.165, 1.54) is 0 Å². The van der Waals surface area contributed by atoms with Crippen molar-refractivity contribution in [2.45, 2.75) is 46.1 Å². The molecule has 1 unspecified atom stereocenters. The van der Waals surface area contributed by atoms with E-state index in [-0.39, 0.29) is 12.6 Å². The normalized spacial score (nSPS) is 14.2. The summed E-state index contributed by atoms with van der Waals surface area (Å²) in [4.78, 5) is 0. The molecule has 0 aromatic heterocycles. The molecule has 0 heterocycles. The Morgan fingerprint density at radius 3 is 2.08 bits per heavy atom. The molecule has 1 nitrogen and oxygen atoms in total. The molecule has 0 aliphatic carbocycles. The minimum atomic E-state index is -2.23. The van der Waals surface area contributed by atoms with Gasteiger partial charge in [0.15, 0.2) is 0 Å². The monoisotopic (exact) mass is 179 g/mol. The van der Waals surface area contributed by atoms with Crippen molar-refractivity contribution in [1.29, 1.82) is 0 Å². The Kier molecular flexibility index (Phi) is 6.25. The zero-order chi connectivity index (χ0) is 9.56. The lowest BCUT2D eigenvalue weighted by Crippen LogP contribution is -2.30. The van der Waals surface area contributed by atoms with Crippen LogP contribution < -0.4 is 5.32 Å². The molecule has 0 amide bonds. The van der Waals surface area contributed by atoms with E-state index in [1.54, 1.807) is 0 Å². The van der Waals surface area contributed by atoms with E-state index in [1.807, 2.05) is 6.92 Å². The topological polar surface area (TPSA) is 12.0 Å². The van der Waals surface area contributed by atoms with Crippen molar-refractivity contribution in [2.75, 3.05) is 6.54 Å². The van der Waals surface area contributed by atoms with Crippen LogP contribution in [0.4, 0.5) is 8.78 Å². The Labute approximate surface area is 73.5 Å². The average molecular weight is 179 g/mol. The summed E-state index contributed by atoms with van der Waals surface area (Å²) in [6.45, 7) is 6.05. The van der Waals surface area contributed by atoms with E-state index in [2.05, 4.69) is 19.2 Å². The first kappa shape index (κ1) is 11.8. The lowest BCUT2D eigenvalue weighted by Gasteiger charge is -2.14. The third kappa shape index (κ3) is 7.92. The van der Waals surface area contributed by atoms with E-state index >= 15 is 0 Å². The largest absolute Gasteiger partial charge is 0.309 e. The minimum absolute atomic E-state index is 0.181. The maximum atomic E-state index is 11.7. The first-order chi connectivity index (χ1) is 5.52. The van der Waals surface area contributed by atoms with E-state index in [0.29, 0.717) is 5.92 Å². The van der Waals surface area contributed by atoms with Gasteiger partial charge in [-0.2, -0.15) is 0 Å². The highest BCUT2D eigenvalue weighted by molar-refractivity contribution is 4.62. The number of rotatable bonds is 6. The fraction of sp³-hybridized carbons (Fsp3) is 1.00. The number of halogens is 2. The predicted molar refractivity (Wildman–Crippen MR) is 47.5 cm³/mol. The fourth-order valence-electron chi connectivity index (χ4n) is 0.976. The second-order valence-electron chi connectivity index (χ2n) is 3.67. The molecule has 0 radical (unpaired) electrons. The van der Waals surface area contributed by atoms with Crippen LogP contribution in [0.15, 0.2) is 0 Å². The Bertz CT molecular complexity index is 92.7. The zero-order valence-corrected chi connectivity index (χ0v) is 8.11. The Morgan fingerprint density at radius 2 is 1.67 bits per heavy atom. The van der Waals surface area contributed by atoms with Crippen LogP contribution in [0, 0.1) is 5.92 Å². The SMILES string of the molecule is CC(C)CCC(C)NCC(F)F. The summed E-state index contributed by atoms with van der Waals surface area (Å²) in [6, 6.07) is 0.210. The maximum absolute atomic E-state index is 11.7. The highest BCUT2D eigenvalue weighted by atomic mass is 19.3. The zero-order valence-electron chi connectivity index (χ0n) is 8.11. The maximum Gasteiger partial charge on any atom is 0.250 e. The molecule has 0 aromatic rings. The van der Waals surface area contributed by atoms with Crippen LogP contribution in [0.2, 0.25) is 0 Å². The quantitative estimate of drug-likeness (QED) is 0.661. The molecular weight excluding hydrogens is 160 g/mol. The van der Waals surface area contributed by atoms with Crippen molar-refractivity contribution >= 4 is 0 Å². The highest BCUT2D eigenvalue weighted by Crippen LogP contribution is 2.06. The third-order valence-electron chi connectivity index (χ3n) is 1.80. The molecule has 1 N–H and O–H groups in total. The van der Waals surface area contributed by atoms with E-state index in [0.717, 1.165) is 12.8 Å². The molecule has 3 heteroatoms. The van der Waals surface area contributed by atoms with Gasteiger partial charge in [-0.1, -0.05) is 13.8 Å². The Balaban J connectivity index is 3.27. The molecule has 0 saturated carbocycles. The van der Waals surface area contributed by atoms with Crippen LogP contribution in [0.5, 0.6) is 0 Å². The van der Waals surface area contributed by atoms with Crippen LogP contribution in [0.25, 0.3) is 0 Å². The molecule has 0 aliphatic heterocycles. The van der Waals surface area contributed by atoms with Crippen molar-refractivity contribution in [2.24, 2.45) is 5.92 Å². The summed E-state index contributed by atoms with van der Waals surface area (Å²) in [5, 5.41) is 2.79. The van der Waals surface area contributed by atoms with Gasteiger partial charge in [0.25, 0.3) is 6.43 Å². The Morgan fingerprint density at radius 1 is 1.08 bits per heavy atom. The van der Waals surface area contributed by atoms with Gasteiger partial charge in [0, 0.05) is 6.04 Å². The average Bonchev–Trinajstić information content (AvgIpc) is 1.96. The molecule has 74 valence electrons. The minimum Gasteiger partial charge on any atom is -0.309 e. The van der Waals surface area contributed by atoms with Crippen molar-refractivity contribution in [3.05, 3.63) is 0 Å². The highest BCUT2D eigenvalue weighted by Gasteiger charge is 2.06. The van der Waals surface area contributed by atoms with Gasteiger partial charge in [0.1, 0.15) is 0 Å². The summed E-state index contributed by atoms with van der Waals surface area (Å²) in [5.74, 6) is 0.654. The smallest absolute Gasteiger partial charge is 0.250 e. The lowest BCUT2D eigenvalue weighted by molar-refractivity contribution is 0.141. The van der Waals surface area contributed by atoms with Crippen molar-refractivity contribution in [1.82, 2.24) is 5.32 Å². The second kappa shape index (κ2) is 6.35. The molecule has 0 spiro atoms. The number of alkyl halides is 2. The van der Waals surface area contributed by atoms with E-state index in [9.17, 15) is 8.78 Å². The van der Waals surface area contributed by atoms with Crippen LogP contribution in [0.3, 0.4) is 0 Å². The van der Waals surface area contributed by atoms with E-state index < -0.39 is 6.43 Å². The van der Waals surface area contributed by atoms with Gasteiger partial charge in [-0.3, -0.25) is 0 Å². The molecule has 12 heavy (non-hydrogen) atoms. The lowest BCUT2D eigenvalue weighted by atomic mass is 10.0. The molecule has 0 bridgehead atoms. The summed E-state index contributed by atoms with van der Waals surface area (Å²) >= 11 is 0. The standard InChI is InChI=1S/C9H19F2N/c1-7(2)4-5-8(3)12-6-9(10)11/h7-9,12H,4-6H2,1-3H3. The number of hydrogen-bond acceptors (Lipinski definition) is 1. The summed E-state index contributed by atoms with van der Waals surface area (Å²) in [5.41, 5.74) is 0. The summed E-state index contributed by atoms with van der Waals surface area (Å²) in [6.07, 6.45) is -0.159. The van der Waals surface area contributed by atoms with Crippen LogP contribution in [-0.4, -0.2) is 19.0 Å². The first-order valence-corrected chi connectivity index (χ1v) is 4.54. The van der Waals surface area contributed by atoms with Gasteiger partial charge in [-0.05, 0) is 25.7 Å². The van der Waals surface area contributed by atoms with Crippen molar-refractivity contribution in [3.63, 3.8) is 0 Å². The predicted octanol–water partition coefficient (Wildman–Crippen LogP) is 2.67. The number of hydrogen-bond donors (Lipinski definition) is 1. The number of nitrogens with one attached hydrogen (secondary N) is 1. The van der Waals surface area contributed by atoms with Crippen molar-refractivity contribution in [3.8, 4) is 0 Å². The molecule has 0 aliphatic rings. The van der Waals surface area contributed by atoms with Gasteiger partial charge >= 0.3 is 0 Å². The van der Waals surface area contributed by atoms with Crippen LogP contribution >= 0.6 is 0 Å². The molecule has 0 rings (SSSR count). The van der Waals surface area contributed by atoms with E-state index in [4.69, 9.17) is 0 Å². The molecule has 0 saturated heterocycles. The van der Waals surface area contributed by atoms with Crippen LogP contribution in [0.1, 0.15) is 33.6 Å². The Hall–Kier alpha value is -0.180. The first-order valence-electron chi connectivity index (χ1n) is 4.54. The van der Waals surface area contributed by atoms with Crippen LogP contribution in [-0.2, 0) is 0 Å². The van der Waals surface area contributed by atoms with Gasteiger partial charge in [0.05, 0.1) is 6.54 Å². The van der Waals surface area contributed by atoms with Crippen molar-refractivity contribution < 1.29 is 8.78 Å². The molecule has 0 aromatic carbocycles. The summed E-state index contributed by atoms with van der Waals surface area (Å²) in [7, 11) is 0. The molecule has 0 fully saturated rings. The van der Waals surface area contributed by atoms with Gasteiger partial charge < -0.3 is 5.32 Å².